The number of nitrogens with zero attached hydrogens (tertiary/aromatic N) is 2. The minimum atomic E-state index is 0. The average Bonchev–Trinajstić information content (AvgIpc) is 3.06. The van der Waals surface area contributed by atoms with E-state index in [1.165, 1.54) is 0 Å². The number of rotatable bonds is 6. The van der Waals surface area contributed by atoms with Crippen LogP contribution in [0.1, 0.15) is 24.0 Å². The second-order valence-electron chi connectivity index (χ2n) is 6.25. The molecule has 144 valence electrons. The Balaban J connectivity index is 0.00000261. The number of nitrogens with one attached hydrogen (secondary N) is 1. The Hall–Kier alpha value is -2.29. The van der Waals surface area contributed by atoms with E-state index in [1.54, 1.807) is 7.11 Å². The Labute approximate surface area is 176 Å². The lowest BCUT2D eigenvalue weighted by atomic mass is 10.1. The maximum atomic E-state index is 11.9. The lowest BCUT2D eigenvalue weighted by Gasteiger charge is -2.17. The summed E-state index contributed by atoms with van der Waals surface area (Å²) in [7, 11) is 1.62. The van der Waals surface area contributed by atoms with Crippen LogP contribution in [0, 0.1) is 0 Å². The summed E-state index contributed by atoms with van der Waals surface area (Å²) in [5.41, 5.74) is 9.02. The standard InChI is InChI=1S/C20H24N4O2.HI/c1-26-18-9-4-8-17(12-18)23-20(21)22-13-15-6-2-3-7-16(15)14-24-11-5-10-19(24)25;/h2-4,6-9,12H,5,10-11,13-14H2,1H3,(H3,21,22,23);1H. The zero-order valence-electron chi connectivity index (χ0n) is 15.4. The number of benzene rings is 2. The SMILES string of the molecule is COc1cccc(NC(N)=NCc2ccccc2CN2CCCC2=O)c1.I. The van der Waals surface area contributed by atoms with E-state index < -0.39 is 0 Å². The summed E-state index contributed by atoms with van der Waals surface area (Å²) in [6, 6.07) is 15.5. The molecule has 1 aliphatic rings. The number of nitrogens with two attached hydrogens (primary N) is 1. The molecule has 0 atom stereocenters. The van der Waals surface area contributed by atoms with Crippen LogP contribution >= 0.6 is 24.0 Å². The predicted octanol–water partition coefficient (Wildman–Crippen LogP) is 3.36. The van der Waals surface area contributed by atoms with Gasteiger partial charge in [0.2, 0.25) is 5.91 Å². The van der Waals surface area contributed by atoms with E-state index in [4.69, 9.17) is 10.5 Å². The van der Waals surface area contributed by atoms with E-state index in [-0.39, 0.29) is 29.9 Å². The van der Waals surface area contributed by atoms with Crippen molar-refractivity contribution in [2.24, 2.45) is 10.7 Å². The highest BCUT2D eigenvalue weighted by molar-refractivity contribution is 14.0. The molecule has 1 amide bonds. The number of aliphatic imine (C=N–C) groups is 1. The van der Waals surface area contributed by atoms with Crippen molar-refractivity contribution in [3.8, 4) is 5.75 Å². The van der Waals surface area contributed by atoms with Gasteiger partial charge in [-0.1, -0.05) is 30.3 Å². The van der Waals surface area contributed by atoms with Gasteiger partial charge < -0.3 is 20.7 Å². The molecule has 0 saturated carbocycles. The minimum absolute atomic E-state index is 0. The van der Waals surface area contributed by atoms with Crippen LogP contribution in [0.4, 0.5) is 5.69 Å². The molecule has 3 N–H and O–H groups in total. The van der Waals surface area contributed by atoms with Gasteiger partial charge in [0.05, 0.1) is 13.7 Å². The van der Waals surface area contributed by atoms with Gasteiger partial charge in [-0.25, -0.2) is 4.99 Å². The predicted molar refractivity (Wildman–Crippen MR) is 118 cm³/mol. The van der Waals surface area contributed by atoms with Gasteiger partial charge in [0, 0.05) is 31.3 Å². The fraction of sp³-hybridized carbons (Fsp3) is 0.300. The molecule has 2 aromatic rings. The summed E-state index contributed by atoms with van der Waals surface area (Å²) in [6.45, 7) is 1.92. The van der Waals surface area contributed by atoms with E-state index in [0.29, 0.717) is 25.5 Å². The summed E-state index contributed by atoms with van der Waals surface area (Å²) in [5, 5.41) is 3.07. The Morgan fingerprint density at radius 1 is 1.22 bits per heavy atom. The number of hydrogen-bond donors (Lipinski definition) is 2. The van der Waals surface area contributed by atoms with Crippen molar-refractivity contribution < 1.29 is 9.53 Å². The van der Waals surface area contributed by atoms with E-state index >= 15 is 0 Å². The van der Waals surface area contributed by atoms with Gasteiger partial charge >= 0.3 is 0 Å². The summed E-state index contributed by atoms with van der Waals surface area (Å²) < 4.78 is 5.20. The first kappa shape index (κ1) is 21.0. The van der Waals surface area contributed by atoms with E-state index in [1.807, 2.05) is 53.4 Å². The van der Waals surface area contributed by atoms with Crippen LogP contribution in [0.3, 0.4) is 0 Å². The van der Waals surface area contributed by atoms with Gasteiger partial charge in [-0.05, 0) is 29.7 Å². The normalized spacial score (nSPS) is 14.0. The molecular formula is C20H25IN4O2. The number of anilines is 1. The van der Waals surface area contributed by atoms with E-state index in [9.17, 15) is 4.79 Å². The molecular weight excluding hydrogens is 455 g/mol. The lowest BCUT2D eigenvalue weighted by Crippen LogP contribution is -2.25. The fourth-order valence-electron chi connectivity index (χ4n) is 3.00. The second kappa shape index (κ2) is 10.1. The summed E-state index contributed by atoms with van der Waals surface area (Å²) in [5.74, 6) is 1.32. The first-order chi connectivity index (χ1) is 12.7. The smallest absolute Gasteiger partial charge is 0.222 e. The molecule has 1 heterocycles. The molecule has 1 aliphatic heterocycles. The second-order valence-corrected chi connectivity index (χ2v) is 6.25. The van der Waals surface area contributed by atoms with Crippen LogP contribution in [0.15, 0.2) is 53.5 Å². The third-order valence-corrected chi connectivity index (χ3v) is 4.41. The topological polar surface area (TPSA) is 80.0 Å². The number of likely N-dealkylation sites (tertiary alicyclic amines) is 1. The summed E-state index contributed by atoms with van der Waals surface area (Å²) >= 11 is 0. The van der Waals surface area contributed by atoms with Crippen molar-refractivity contribution >= 4 is 41.5 Å². The zero-order valence-corrected chi connectivity index (χ0v) is 17.7. The maximum Gasteiger partial charge on any atom is 0.222 e. The molecule has 0 aliphatic carbocycles. The number of hydrogen-bond acceptors (Lipinski definition) is 3. The number of halogens is 1. The maximum absolute atomic E-state index is 11.9. The molecule has 6 nitrogen and oxygen atoms in total. The highest BCUT2D eigenvalue weighted by atomic mass is 127. The first-order valence-electron chi connectivity index (χ1n) is 8.71. The number of methoxy groups -OCH3 is 1. The highest BCUT2D eigenvalue weighted by Gasteiger charge is 2.20. The minimum Gasteiger partial charge on any atom is -0.497 e. The van der Waals surface area contributed by atoms with Crippen molar-refractivity contribution in [2.75, 3.05) is 19.0 Å². The molecule has 0 spiro atoms. The molecule has 2 aromatic carbocycles. The first-order valence-corrected chi connectivity index (χ1v) is 8.71. The summed E-state index contributed by atoms with van der Waals surface area (Å²) in [6.07, 6.45) is 1.59. The monoisotopic (exact) mass is 480 g/mol. The lowest BCUT2D eigenvalue weighted by molar-refractivity contribution is -0.128. The fourth-order valence-corrected chi connectivity index (χ4v) is 3.00. The van der Waals surface area contributed by atoms with Crippen molar-refractivity contribution in [1.82, 2.24) is 4.90 Å². The molecule has 3 rings (SSSR count). The van der Waals surface area contributed by atoms with Gasteiger partial charge in [-0.2, -0.15) is 0 Å². The van der Waals surface area contributed by atoms with Crippen LogP contribution in [-0.2, 0) is 17.9 Å². The van der Waals surface area contributed by atoms with Gasteiger partial charge in [0.1, 0.15) is 5.75 Å². The number of carbonyl (C=O) groups excluding carboxylic acids is 1. The van der Waals surface area contributed by atoms with Crippen LogP contribution in [-0.4, -0.2) is 30.4 Å². The van der Waals surface area contributed by atoms with Crippen molar-refractivity contribution in [3.63, 3.8) is 0 Å². The van der Waals surface area contributed by atoms with Crippen LogP contribution in [0.25, 0.3) is 0 Å². The highest BCUT2D eigenvalue weighted by Crippen LogP contribution is 2.18. The molecule has 0 radical (unpaired) electrons. The molecule has 0 unspecified atom stereocenters. The van der Waals surface area contributed by atoms with E-state index in [2.05, 4.69) is 10.3 Å². The van der Waals surface area contributed by atoms with Gasteiger partial charge in [-0.3, -0.25) is 4.79 Å². The number of amides is 1. The Morgan fingerprint density at radius 3 is 2.70 bits per heavy atom. The quantitative estimate of drug-likeness (QED) is 0.378. The van der Waals surface area contributed by atoms with Crippen molar-refractivity contribution in [3.05, 3.63) is 59.7 Å². The third-order valence-electron chi connectivity index (χ3n) is 4.41. The average molecular weight is 480 g/mol. The Bertz CT molecular complexity index is 810. The Morgan fingerprint density at radius 2 is 2.00 bits per heavy atom. The molecule has 0 aromatic heterocycles. The summed E-state index contributed by atoms with van der Waals surface area (Å²) in [4.78, 5) is 18.2. The van der Waals surface area contributed by atoms with Crippen molar-refractivity contribution in [2.45, 2.75) is 25.9 Å². The van der Waals surface area contributed by atoms with Gasteiger partial charge in [-0.15, -0.1) is 24.0 Å². The third kappa shape index (κ3) is 5.85. The molecule has 1 saturated heterocycles. The molecule has 7 heteroatoms. The van der Waals surface area contributed by atoms with Gasteiger partial charge in [0.25, 0.3) is 0 Å². The van der Waals surface area contributed by atoms with E-state index in [0.717, 1.165) is 35.5 Å². The molecule has 27 heavy (non-hydrogen) atoms. The number of ether oxygens (including phenoxy) is 1. The number of carbonyl (C=O) groups is 1. The van der Waals surface area contributed by atoms with Crippen LogP contribution in [0.2, 0.25) is 0 Å². The molecule has 0 bridgehead atoms. The number of guanidine groups is 1. The van der Waals surface area contributed by atoms with Crippen molar-refractivity contribution in [1.29, 1.82) is 0 Å². The Kier molecular flexibility index (Phi) is 7.90. The van der Waals surface area contributed by atoms with Crippen LogP contribution in [0.5, 0.6) is 5.75 Å². The molecule has 1 fully saturated rings. The zero-order chi connectivity index (χ0) is 18.4. The largest absolute Gasteiger partial charge is 0.497 e. The van der Waals surface area contributed by atoms with Crippen LogP contribution < -0.4 is 15.8 Å². The van der Waals surface area contributed by atoms with Gasteiger partial charge in [0.15, 0.2) is 5.96 Å².